The summed E-state index contributed by atoms with van der Waals surface area (Å²) in [6.07, 6.45) is 0.886. The monoisotopic (exact) mass is 257 g/mol. The molecule has 0 saturated carbocycles. The van der Waals surface area contributed by atoms with Crippen LogP contribution in [0.25, 0.3) is 0 Å². The smallest absolute Gasteiger partial charge is 0.240 e. The molecule has 1 rings (SSSR count). The first-order valence-electron chi connectivity index (χ1n) is 5.64. The number of hydrogen-bond donors (Lipinski definition) is 3. The number of benzene rings is 1. The number of sulfonamides is 1. The van der Waals surface area contributed by atoms with Crippen molar-refractivity contribution < 1.29 is 8.42 Å². The number of nitrogens with two attached hydrogens (primary N) is 1. The molecule has 17 heavy (non-hydrogen) atoms. The first-order valence-corrected chi connectivity index (χ1v) is 7.12. The molecule has 0 amide bonds. The van der Waals surface area contributed by atoms with E-state index in [0.29, 0.717) is 13.1 Å². The highest BCUT2D eigenvalue weighted by atomic mass is 32.2. The van der Waals surface area contributed by atoms with Gasteiger partial charge in [-0.15, -0.1) is 0 Å². The van der Waals surface area contributed by atoms with Crippen molar-refractivity contribution >= 4 is 15.7 Å². The molecule has 0 heterocycles. The standard InChI is InChI=1S/C11H19N3O2S/c1-2-14-17(15,16)11-6-4-10(5-7-11)13-9-3-8-12/h4-7,13-14H,2-3,8-9,12H2,1H3. The fourth-order valence-electron chi connectivity index (χ4n) is 1.36. The van der Waals surface area contributed by atoms with E-state index in [-0.39, 0.29) is 4.90 Å². The van der Waals surface area contributed by atoms with Gasteiger partial charge in [-0.2, -0.15) is 0 Å². The third-order valence-electron chi connectivity index (χ3n) is 2.21. The van der Waals surface area contributed by atoms with Crippen molar-refractivity contribution in [1.29, 1.82) is 0 Å². The summed E-state index contributed by atoms with van der Waals surface area (Å²) in [5, 5.41) is 3.16. The van der Waals surface area contributed by atoms with E-state index in [4.69, 9.17) is 5.73 Å². The second-order valence-corrected chi connectivity index (χ2v) is 5.36. The van der Waals surface area contributed by atoms with Gasteiger partial charge in [-0.25, -0.2) is 13.1 Å². The van der Waals surface area contributed by atoms with Crippen LogP contribution in [0, 0.1) is 0 Å². The van der Waals surface area contributed by atoms with Crippen LogP contribution >= 0.6 is 0 Å². The zero-order chi connectivity index (χ0) is 12.7. The zero-order valence-electron chi connectivity index (χ0n) is 9.94. The molecular formula is C11H19N3O2S. The molecule has 0 spiro atoms. The molecule has 0 aliphatic carbocycles. The Morgan fingerprint density at radius 2 is 1.88 bits per heavy atom. The van der Waals surface area contributed by atoms with E-state index in [9.17, 15) is 8.42 Å². The van der Waals surface area contributed by atoms with Crippen LogP contribution in [0.2, 0.25) is 0 Å². The van der Waals surface area contributed by atoms with Gasteiger partial charge in [0.25, 0.3) is 0 Å². The van der Waals surface area contributed by atoms with Crippen LogP contribution in [-0.4, -0.2) is 28.1 Å². The lowest BCUT2D eigenvalue weighted by Gasteiger charge is -2.07. The molecule has 0 aliphatic rings. The summed E-state index contributed by atoms with van der Waals surface area (Å²) in [5.41, 5.74) is 6.28. The van der Waals surface area contributed by atoms with E-state index in [1.165, 1.54) is 0 Å². The summed E-state index contributed by atoms with van der Waals surface area (Å²) >= 11 is 0. The van der Waals surface area contributed by atoms with Crippen LogP contribution in [0.5, 0.6) is 0 Å². The number of nitrogens with one attached hydrogen (secondary N) is 2. The Balaban J connectivity index is 2.68. The van der Waals surface area contributed by atoms with E-state index in [0.717, 1.165) is 18.7 Å². The third-order valence-corrected chi connectivity index (χ3v) is 3.77. The first kappa shape index (κ1) is 14.0. The van der Waals surface area contributed by atoms with Gasteiger partial charge in [0, 0.05) is 18.8 Å². The van der Waals surface area contributed by atoms with Gasteiger partial charge in [-0.05, 0) is 37.2 Å². The van der Waals surface area contributed by atoms with E-state index < -0.39 is 10.0 Å². The highest BCUT2D eigenvalue weighted by Gasteiger charge is 2.11. The van der Waals surface area contributed by atoms with Crippen LogP contribution in [0.3, 0.4) is 0 Å². The molecule has 4 N–H and O–H groups in total. The van der Waals surface area contributed by atoms with Crippen molar-refractivity contribution in [2.75, 3.05) is 25.0 Å². The fraction of sp³-hybridized carbons (Fsp3) is 0.455. The molecule has 0 bridgehead atoms. The summed E-state index contributed by atoms with van der Waals surface area (Å²) in [4.78, 5) is 0.281. The molecule has 6 heteroatoms. The van der Waals surface area contributed by atoms with E-state index in [1.807, 2.05) is 0 Å². The number of rotatable bonds is 7. The van der Waals surface area contributed by atoms with Crippen LogP contribution in [0.4, 0.5) is 5.69 Å². The van der Waals surface area contributed by atoms with Gasteiger partial charge in [0.05, 0.1) is 4.90 Å². The predicted molar refractivity (Wildman–Crippen MR) is 69.5 cm³/mol. The normalized spacial score (nSPS) is 11.4. The summed E-state index contributed by atoms with van der Waals surface area (Å²) in [7, 11) is -3.35. The van der Waals surface area contributed by atoms with Crippen LogP contribution in [0.15, 0.2) is 29.2 Å². The molecule has 0 saturated heterocycles. The predicted octanol–water partition coefficient (Wildman–Crippen LogP) is 0.745. The first-order chi connectivity index (χ1) is 8.10. The highest BCUT2D eigenvalue weighted by Crippen LogP contribution is 2.13. The SMILES string of the molecule is CCNS(=O)(=O)c1ccc(NCCCN)cc1. The van der Waals surface area contributed by atoms with Crippen molar-refractivity contribution in [3.63, 3.8) is 0 Å². The molecular weight excluding hydrogens is 238 g/mol. The molecule has 0 atom stereocenters. The minimum absolute atomic E-state index is 0.281. The minimum atomic E-state index is -3.35. The van der Waals surface area contributed by atoms with Gasteiger partial charge >= 0.3 is 0 Å². The summed E-state index contributed by atoms with van der Waals surface area (Å²) in [6, 6.07) is 6.67. The fourth-order valence-corrected chi connectivity index (χ4v) is 2.40. The van der Waals surface area contributed by atoms with Crippen molar-refractivity contribution in [1.82, 2.24) is 4.72 Å². The second kappa shape index (κ2) is 6.58. The van der Waals surface area contributed by atoms with Gasteiger partial charge in [0.2, 0.25) is 10.0 Å². The Hall–Kier alpha value is -1.11. The van der Waals surface area contributed by atoms with E-state index >= 15 is 0 Å². The van der Waals surface area contributed by atoms with Gasteiger partial charge in [-0.1, -0.05) is 6.92 Å². The molecule has 0 fully saturated rings. The maximum atomic E-state index is 11.7. The number of hydrogen-bond acceptors (Lipinski definition) is 4. The maximum absolute atomic E-state index is 11.7. The van der Waals surface area contributed by atoms with Crippen molar-refractivity contribution in [3.8, 4) is 0 Å². The molecule has 0 unspecified atom stereocenters. The minimum Gasteiger partial charge on any atom is -0.385 e. The largest absolute Gasteiger partial charge is 0.385 e. The number of anilines is 1. The van der Waals surface area contributed by atoms with E-state index in [1.54, 1.807) is 31.2 Å². The van der Waals surface area contributed by atoms with Crippen molar-refractivity contribution in [2.24, 2.45) is 5.73 Å². The van der Waals surface area contributed by atoms with Crippen molar-refractivity contribution in [3.05, 3.63) is 24.3 Å². The van der Waals surface area contributed by atoms with Crippen LogP contribution < -0.4 is 15.8 Å². The summed E-state index contributed by atoms with van der Waals surface area (Å²) < 4.78 is 25.8. The molecule has 1 aromatic carbocycles. The van der Waals surface area contributed by atoms with Gasteiger partial charge in [-0.3, -0.25) is 0 Å². The quantitative estimate of drug-likeness (QED) is 0.629. The molecule has 0 aromatic heterocycles. The molecule has 5 nitrogen and oxygen atoms in total. The average molecular weight is 257 g/mol. The lowest BCUT2D eigenvalue weighted by atomic mass is 10.3. The molecule has 0 aliphatic heterocycles. The van der Waals surface area contributed by atoms with Crippen LogP contribution in [-0.2, 0) is 10.0 Å². The van der Waals surface area contributed by atoms with Crippen LogP contribution in [0.1, 0.15) is 13.3 Å². The Kier molecular flexibility index (Phi) is 5.40. The van der Waals surface area contributed by atoms with E-state index in [2.05, 4.69) is 10.0 Å². The van der Waals surface area contributed by atoms with Gasteiger partial charge in [0.1, 0.15) is 0 Å². The second-order valence-electron chi connectivity index (χ2n) is 3.59. The molecule has 96 valence electrons. The average Bonchev–Trinajstić information content (AvgIpc) is 2.30. The van der Waals surface area contributed by atoms with Crippen molar-refractivity contribution in [2.45, 2.75) is 18.2 Å². The Morgan fingerprint density at radius 3 is 2.41 bits per heavy atom. The van der Waals surface area contributed by atoms with Gasteiger partial charge < -0.3 is 11.1 Å². The zero-order valence-corrected chi connectivity index (χ0v) is 10.8. The maximum Gasteiger partial charge on any atom is 0.240 e. The topological polar surface area (TPSA) is 84.2 Å². The highest BCUT2D eigenvalue weighted by molar-refractivity contribution is 7.89. The van der Waals surface area contributed by atoms with Gasteiger partial charge in [0.15, 0.2) is 0 Å². The summed E-state index contributed by atoms with van der Waals surface area (Å²) in [5.74, 6) is 0. The Bertz CT molecular complexity index is 429. The Labute approximate surface area is 102 Å². The lowest BCUT2D eigenvalue weighted by molar-refractivity contribution is 0.584. The molecule has 1 aromatic rings. The summed E-state index contributed by atoms with van der Waals surface area (Å²) in [6.45, 7) is 3.56. The third kappa shape index (κ3) is 4.33. The lowest BCUT2D eigenvalue weighted by Crippen LogP contribution is -2.23. The molecule has 0 radical (unpaired) electrons. The Morgan fingerprint density at radius 1 is 1.24 bits per heavy atom.